The molecule has 140 valence electrons. The van der Waals surface area contributed by atoms with Crippen LogP contribution in [0.4, 0.5) is 0 Å². The lowest BCUT2D eigenvalue weighted by Crippen LogP contribution is -2.47. The van der Waals surface area contributed by atoms with Crippen molar-refractivity contribution in [3.8, 4) is 17.2 Å². The van der Waals surface area contributed by atoms with E-state index in [4.69, 9.17) is 14.2 Å². The summed E-state index contributed by atoms with van der Waals surface area (Å²) in [6.07, 6.45) is 1.17. The van der Waals surface area contributed by atoms with Crippen LogP contribution in [0.1, 0.15) is 25.3 Å². The minimum Gasteiger partial charge on any atom is -0.493 e. The van der Waals surface area contributed by atoms with Gasteiger partial charge in [-0.05, 0) is 37.5 Å². The number of benzene rings is 1. The molecule has 7 nitrogen and oxygen atoms in total. The number of carbonyl (C=O) groups excluding carboxylic acids is 1. The van der Waals surface area contributed by atoms with E-state index in [9.17, 15) is 13.2 Å². The third kappa shape index (κ3) is 4.78. The Morgan fingerprint density at radius 3 is 2.20 bits per heavy atom. The Bertz CT molecular complexity index is 721. The Balaban J connectivity index is 2.02. The van der Waals surface area contributed by atoms with Gasteiger partial charge in [0.1, 0.15) is 0 Å². The first-order chi connectivity index (χ1) is 11.7. The van der Waals surface area contributed by atoms with E-state index < -0.39 is 15.4 Å². The minimum absolute atomic E-state index is 0.00405. The molecular formula is C17H25NO6S. The van der Waals surface area contributed by atoms with Crippen molar-refractivity contribution in [3.63, 3.8) is 0 Å². The first-order valence-electron chi connectivity index (χ1n) is 8.02. The van der Waals surface area contributed by atoms with Gasteiger partial charge in [-0.1, -0.05) is 0 Å². The molecule has 1 saturated heterocycles. The summed E-state index contributed by atoms with van der Waals surface area (Å²) in [6, 6.07) is 3.60. The molecule has 0 saturated carbocycles. The second-order valence-electron chi connectivity index (χ2n) is 6.48. The molecule has 1 aliphatic rings. The molecule has 1 aromatic rings. The van der Waals surface area contributed by atoms with Gasteiger partial charge < -0.3 is 19.5 Å². The highest BCUT2D eigenvalue weighted by atomic mass is 32.2. The van der Waals surface area contributed by atoms with Crippen molar-refractivity contribution in [1.29, 1.82) is 0 Å². The van der Waals surface area contributed by atoms with Crippen molar-refractivity contribution in [2.75, 3.05) is 32.8 Å². The zero-order valence-electron chi connectivity index (χ0n) is 15.0. The van der Waals surface area contributed by atoms with E-state index in [1.807, 2.05) is 0 Å². The van der Waals surface area contributed by atoms with Crippen LogP contribution < -0.4 is 19.5 Å². The van der Waals surface area contributed by atoms with E-state index in [1.165, 1.54) is 21.3 Å². The van der Waals surface area contributed by atoms with Gasteiger partial charge in [-0.15, -0.1) is 0 Å². The number of aryl methyl sites for hydroxylation is 1. The quantitative estimate of drug-likeness (QED) is 0.778. The molecule has 0 aromatic heterocycles. The molecule has 1 N–H and O–H groups in total. The van der Waals surface area contributed by atoms with Gasteiger partial charge in [-0.2, -0.15) is 0 Å². The number of ether oxygens (including phenoxy) is 3. The average Bonchev–Trinajstić information content (AvgIpc) is 2.84. The van der Waals surface area contributed by atoms with Crippen LogP contribution in [0.15, 0.2) is 12.1 Å². The smallest absolute Gasteiger partial charge is 0.220 e. The second kappa shape index (κ2) is 7.51. The molecule has 2 rings (SSSR count). The number of hydrogen-bond donors (Lipinski definition) is 1. The summed E-state index contributed by atoms with van der Waals surface area (Å²) in [5, 5.41) is 2.86. The maximum absolute atomic E-state index is 12.2. The highest BCUT2D eigenvalue weighted by molar-refractivity contribution is 7.91. The van der Waals surface area contributed by atoms with Crippen LogP contribution in [0, 0.1) is 0 Å². The number of sulfone groups is 1. The van der Waals surface area contributed by atoms with Crippen LogP contribution in [-0.4, -0.2) is 52.7 Å². The Kier molecular flexibility index (Phi) is 5.82. The van der Waals surface area contributed by atoms with Gasteiger partial charge in [0, 0.05) is 6.42 Å². The van der Waals surface area contributed by atoms with Crippen molar-refractivity contribution in [1.82, 2.24) is 5.32 Å². The standard InChI is InChI=1S/C17H25NO6S/c1-17(7-8-25(20,21)11-17)18-15(19)6-5-12-9-13(22-2)16(24-4)14(10-12)23-3/h9-10H,5-8,11H2,1-4H3,(H,18,19). The fourth-order valence-electron chi connectivity index (χ4n) is 3.05. The fourth-order valence-corrected chi connectivity index (χ4v) is 5.14. The number of methoxy groups -OCH3 is 3. The van der Waals surface area contributed by atoms with E-state index in [0.29, 0.717) is 30.1 Å². The van der Waals surface area contributed by atoms with Gasteiger partial charge >= 0.3 is 0 Å². The molecule has 1 fully saturated rings. The van der Waals surface area contributed by atoms with Gasteiger partial charge in [0.15, 0.2) is 21.3 Å². The predicted octanol–water partition coefficient (Wildman–Crippen LogP) is 1.34. The number of hydrogen-bond acceptors (Lipinski definition) is 6. The van der Waals surface area contributed by atoms with Gasteiger partial charge in [0.05, 0.1) is 38.4 Å². The van der Waals surface area contributed by atoms with Crippen molar-refractivity contribution in [3.05, 3.63) is 17.7 Å². The van der Waals surface area contributed by atoms with Crippen LogP contribution >= 0.6 is 0 Å². The lowest BCUT2D eigenvalue weighted by molar-refractivity contribution is -0.122. The minimum atomic E-state index is -3.05. The second-order valence-corrected chi connectivity index (χ2v) is 8.67. The van der Waals surface area contributed by atoms with Crippen LogP contribution in [0.3, 0.4) is 0 Å². The maximum Gasteiger partial charge on any atom is 0.220 e. The molecule has 25 heavy (non-hydrogen) atoms. The van der Waals surface area contributed by atoms with E-state index in [2.05, 4.69) is 5.32 Å². The molecular weight excluding hydrogens is 346 g/mol. The lowest BCUT2D eigenvalue weighted by Gasteiger charge is -2.24. The van der Waals surface area contributed by atoms with Gasteiger partial charge in [0.2, 0.25) is 11.7 Å². The van der Waals surface area contributed by atoms with Crippen molar-refractivity contribution in [2.24, 2.45) is 0 Å². The summed E-state index contributed by atoms with van der Waals surface area (Å²) in [6.45, 7) is 1.77. The monoisotopic (exact) mass is 371 g/mol. The highest BCUT2D eigenvalue weighted by Gasteiger charge is 2.39. The van der Waals surface area contributed by atoms with Gasteiger partial charge in [-0.25, -0.2) is 8.42 Å². The predicted molar refractivity (Wildman–Crippen MR) is 94.2 cm³/mol. The van der Waals surface area contributed by atoms with E-state index in [0.717, 1.165) is 5.56 Å². The fraction of sp³-hybridized carbons (Fsp3) is 0.588. The molecule has 1 unspecified atom stereocenters. The lowest BCUT2D eigenvalue weighted by atomic mass is 10.0. The molecule has 0 bridgehead atoms. The number of nitrogens with one attached hydrogen (secondary N) is 1. The molecule has 0 radical (unpaired) electrons. The largest absolute Gasteiger partial charge is 0.493 e. The summed E-state index contributed by atoms with van der Waals surface area (Å²) >= 11 is 0. The third-order valence-electron chi connectivity index (χ3n) is 4.31. The van der Waals surface area contributed by atoms with E-state index in [1.54, 1.807) is 19.1 Å². The summed E-state index contributed by atoms with van der Waals surface area (Å²) in [7, 11) is 1.55. The molecule has 0 spiro atoms. The average molecular weight is 371 g/mol. The summed E-state index contributed by atoms with van der Waals surface area (Å²) in [4.78, 5) is 12.2. The molecule has 1 aliphatic heterocycles. The van der Waals surface area contributed by atoms with Crippen LogP contribution in [0.2, 0.25) is 0 Å². The number of rotatable bonds is 7. The molecule has 1 heterocycles. The number of carbonyl (C=O) groups is 1. The summed E-state index contributed by atoms with van der Waals surface area (Å²) in [5.74, 6) is 1.51. The van der Waals surface area contributed by atoms with Crippen LogP contribution in [-0.2, 0) is 21.1 Å². The first kappa shape index (κ1) is 19.4. The van der Waals surface area contributed by atoms with E-state index >= 15 is 0 Å². The first-order valence-corrected chi connectivity index (χ1v) is 9.84. The Labute approximate surface area is 148 Å². The zero-order chi connectivity index (χ0) is 18.7. The van der Waals surface area contributed by atoms with Gasteiger partial charge in [-0.3, -0.25) is 4.79 Å². The molecule has 1 aromatic carbocycles. The zero-order valence-corrected chi connectivity index (χ0v) is 15.9. The molecule has 1 amide bonds. The van der Waals surface area contributed by atoms with Crippen molar-refractivity contribution >= 4 is 15.7 Å². The van der Waals surface area contributed by atoms with E-state index in [-0.39, 0.29) is 23.8 Å². The number of amides is 1. The van der Waals surface area contributed by atoms with Crippen LogP contribution in [0.5, 0.6) is 17.2 Å². The summed E-state index contributed by atoms with van der Waals surface area (Å²) < 4.78 is 39.1. The maximum atomic E-state index is 12.2. The molecule has 0 aliphatic carbocycles. The third-order valence-corrected chi connectivity index (χ3v) is 6.21. The highest BCUT2D eigenvalue weighted by Crippen LogP contribution is 2.38. The van der Waals surface area contributed by atoms with Gasteiger partial charge in [0.25, 0.3) is 0 Å². The van der Waals surface area contributed by atoms with Crippen molar-refractivity contribution in [2.45, 2.75) is 31.7 Å². The Morgan fingerprint density at radius 1 is 1.16 bits per heavy atom. The topological polar surface area (TPSA) is 90.9 Å². The Hall–Kier alpha value is -1.96. The normalized spacial score (nSPS) is 21.6. The summed E-state index contributed by atoms with van der Waals surface area (Å²) in [5.41, 5.74) is 0.194. The Morgan fingerprint density at radius 2 is 1.76 bits per heavy atom. The van der Waals surface area contributed by atoms with Crippen molar-refractivity contribution < 1.29 is 27.4 Å². The SMILES string of the molecule is COc1cc(CCC(=O)NC2(C)CCS(=O)(=O)C2)cc(OC)c1OC. The molecule has 8 heteroatoms. The van der Waals surface area contributed by atoms with Crippen LogP contribution in [0.25, 0.3) is 0 Å². The molecule has 1 atom stereocenters.